The molecule has 1 aliphatic heterocycles. The van der Waals surface area contributed by atoms with Crippen molar-refractivity contribution in [3.8, 4) is 5.75 Å². The maximum Gasteiger partial charge on any atom is 0.243 e. The zero-order chi connectivity index (χ0) is 18.3. The summed E-state index contributed by atoms with van der Waals surface area (Å²) in [5.41, 5.74) is 0.368. The summed E-state index contributed by atoms with van der Waals surface area (Å²) in [6, 6.07) is 4.58. The third-order valence-corrected chi connectivity index (χ3v) is 6.12. The minimum atomic E-state index is -3.58. The number of nitrogens with one attached hydrogen (secondary N) is 1. The fraction of sp³-hybridized carbons (Fsp3) is 0.500. The number of allylic oxidation sites excluding steroid dienone is 1. The van der Waals surface area contributed by atoms with Crippen LogP contribution in [-0.4, -0.2) is 38.8 Å². The lowest BCUT2D eigenvalue weighted by molar-refractivity contribution is -0.116. The van der Waals surface area contributed by atoms with Crippen LogP contribution in [0.25, 0.3) is 0 Å². The maximum absolute atomic E-state index is 12.9. The number of ether oxygens (including phenoxy) is 1. The number of rotatable bonds is 7. The van der Waals surface area contributed by atoms with E-state index in [-0.39, 0.29) is 17.2 Å². The number of amides is 1. The molecule has 7 heteroatoms. The van der Waals surface area contributed by atoms with E-state index >= 15 is 0 Å². The van der Waals surface area contributed by atoms with Crippen LogP contribution in [0.5, 0.6) is 5.75 Å². The second kappa shape index (κ2) is 9.01. The van der Waals surface area contributed by atoms with Gasteiger partial charge in [0, 0.05) is 19.5 Å². The quantitative estimate of drug-likeness (QED) is 0.752. The van der Waals surface area contributed by atoms with Gasteiger partial charge >= 0.3 is 0 Å². The predicted molar refractivity (Wildman–Crippen MR) is 98.3 cm³/mol. The molecule has 0 bridgehead atoms. The Bertz CT molecular complexity index is 708. The van der Waals surface area contributed by atoms with Crippen molar-refractivity contribution in [2.45, 2.75) is 43.4 Å². The Morgan fingerprint density at radius 1 is 1.28 bits per heavy atom. The summed E-state index contributed by atoms with van der Waals surface area (Å²) in [6.07, 6.45) is 6.37. The Balaban J connectivity index is 2.27. The second-order valence-corrected chi connectivity index (χ2v) is 7.99. The predicted octanol–water partition coefficient (Wildman–Crippen LogP) is 3.16. The molecule has 1 aromatic carbocycles. The molecule has 1 amide bonds. The minimum absolute atomic E-state index is 0.175. The molecule has 1 saturated heterocycles. The summed E-state index contributed by atoms with van der Waals surface area (Å²) >= 11 is 0. The van der Waals surface area contributed by atoms with Gasteiger partial charge in [-0.1, -0.05) is 18.9 Å². The van der Waals surface area contributed by atoms with Gasteiger partial charge in [-0.05, 0) is 37.5 Å². The Hall–Kier alpha value is -1.86. The monoisotopic (exact) mass is 366 g/mol. The first kappa shape index (κ1) is 19.5. The van der Waals surface area contributed by atoms with E-state index in [9.17, 15) is 13.2 Å². The summed E-state index contributed by atoms with van der Waals surface area (Å²) in [6.45, 7) is 4.66. The van der Waals surface area contributed by atoms with Crippen molar-refractivity contribution in [1.29, 1.82) is 0 Å². The number of sulfonamides is 1. The second-order valence-electron chi connectivity index (χ2n) is 6.06. The van der Waals surface area contributed by atoms with Crippen LogP contribution in [0.15, 0.2) is 35.7 Å². The molecule has 1 aromatic rings. The molecule has 0 aliphatic carbocycles. The normalized spacial score (nSPS) is 16.0. The van der Waals surface area contributed by atoms with E-state index in [0.717, 1.165) is 25.7 Å². The van der Waals surface area contributed by atoms with E-state index < -0.39 is 10.0 Å². The highest BCUT2D eigenvalue weighted by Gasteiger charge is 2.26. The number of nitrogens with zero attached hydrogens (tertiary/aromatic N) is 1. The van der Waals surface area contributed by atoms with Gasteiger partial charge in [0.1, 0.15) is 5.75 Å². The zero-order valence-electron chi connectivity index (χ0n) is 14.7. The molecular weight excluding hydrogens is 340 g/mol. The molecule has 1 fully saturated rings. The van der Waals surface area contributed by atoms with Crippen LogP contribution >= 0.6 is 0 Å². The van der Waals surface area contributed by atoms with Gasteiger partial charge in [-0.15, -0.1) is 6.58 Å². The van der Waals surface area contributed by atoms with Gasteiger partial charge in [0.15, 0.2) is 0 Å². The molecular formula is C18H26N2O4S. The Morgan fingerprint density at radius 3 is 2.56 bits per heavy atom. The van der Waals surface area contributed by atoms with Crippen LogP contribution in [0, 0.1) is 0 Å². The first-order chi connectivity index (χ1) is 12.0. The van der Waals surface area contributed by atoms with Crippen LogP contribution in [0.2, 0.25) is 0 Å². The van der Waals surface area contributed by atoms with Crippen molar-refractivity contribution < 1.29 is 17.9 Å². The molecule has 0 aromatic heterocycles. The molecule has 1 N–H and O–H groups in total. The molecule has 0 spiro atoms. The summed E-state index contributed by atoms with van der Waals surface area (Å²) in [7, 11) is -2.09. The summed E-state index contributed by atoms with van der Waals surface area (Å²) in [4.78, 5) is 12.1. The van der Waals surface area contributed by atoms with Crippen molar-refractivity contribution in [3.05, 3.63) is 30.9 Å². The van der Waals surface area contributed by atoms with Gasteiger partial charge in [0.2, 0.25) is 15.9 Å². The molecule has 2 rings (SSSR count). The number of carbonyl (C=O) groups excluding carboxylic acids is 1. The molecule has 0 unspecified atom stereocenters. The Morgan fingerprint density at radius 2 is 1.96 bits per heavy atom. The van der Waals surface area contributed by atoms with E-state index in [0.29, 0.717) is 30.9 Å². The highest BCUT2D eigenvalue weighted by molar-refractivity contribution is 7.89. The first-order valence-corrected chi connectivity index (χ1v) is 10.0. The average Bonchev–Trinajstić information content (AvgIpc) is 2.89. The van der Waals surface area contributed by atoms with Gasteiger partial charge < -0.3 is 10.1 Å². The number of hydrogen-bond acceptors (Lipinski definition) is 4. The van der Waals surface area contributed by atoms with Crippen molar-refractivity contribution >= 4 is 21.6 Å². The smallest absolute Gasteiger partial charge is 0.243 e. The van der Waals surface area contributed by atoms with E-state index in [4.69, 9.17) is 4.74 Å². The standard InChI is InChI=1S/C18H26N2O4S/c1-3-4-9-18(21)19-16-14-15(10-11-17(16)24-2)25(22,23)20-12-7-5-6-8-13-20/h3,10-11,14H,1,4-9,12-13H2,2H3,(H,19,21). The van der Waals surface area contributed by atoms with Crippen LogP contribution in [0.3, 0.4) is 0 Å². The summed E-state index contributed by atoms with van der Waals surface area (Å²) < 4.78 is 32.6. The van der Waals surface area contributed by atoms with Gasteiger partial charge in [-0.25, -0.2) is 8.42 Å². The third kappa shape index (κ3) is 5.06. The number of anilines is 1. The van der Waals surface area contributed by atoms with Crippen LogP contribution < -0.4 is 10.1 Å². The van der Waals surface area contributed by atoms with E-state index in [1.807, 2.05) is 0 Å². The molecule has 138 valence electrons. The average molecular weight is 366 g/mol. The molecule has 0 radical (unpaired) electrons. The highest BCUT2D eigenvalue weighted by Crippen LogP contribution is 2.30. The molecule has 0 atom stereocenters. The lowest BCUT2D eigenvalue weighted by Gasteiger charge is -2.21. The Kier molecular flexibility index (Phi) is 7.01. The number of benzene rings is 1. The van der Waals surface area contributed by atoms with E-state index in [1.165, 1.54) is 23.5 Å². The fourth-order valence-electron chi connectivity index (χ4n) is 2.82. The largest absolute Gasteiger partial charge is 0.495 e. The van der Waals surface area contributed by atoms with Crippen molar-refractivity contribution in [2.24, 2.45) is 0 Å². The fourth-order valence-corrected chi connectivity index (χ4v) is 4.37. The summed E-state index contributed by atoms with van der Waals surface area (Å²) in [5, 5.41) is 2.73. The maximum atomic E-state index is 12.9. The molecule has 6 nitrogen and oxygen atoms in total. The minimum Gasteiger partial charge on any atom is -0.495 e. The van der Waals surface area contributed by atoms with Crippen molar-refractivity contribution in [2.75, 3.05) is 25.5 Å². The highest BCUT2D eigenvalue weighted by atomic mass is 32.2. The number of methoxy groups -OCH3 is 1. The van der Waals surface area contributed by atoms with Crippen molar-refractivity contribution in [3.63, 3.8) is 0 Å². The summed E-state index contributed by atoms with van der Waals surface area (Å²) in [5.74, 6) is 0.226. The topological polar surface area (TPSA) is 75.7 Å². The van der Waals surface area contributed by atoms with Gasteiger partial charge in [0.25, 0.3) is 0 Å². The van der Waals surface area contributed by atoms with E-state index in [1.54, 1.807) is 12.1 Å². The third-order valence-electron chi connectivity index (χ3n) is 4.22. The lowest BCUT2D eigenvalue weighted by atomic mass is 10.2. The number of carbonyl (C=O) groups is 1. The Labute approximate surface area is 149 Å². The lowest BCUT2D eigenvalue weighted by Crippen LogP contribution is -2.32. The van der Waals surface area contributed by atoms with Crippen molar-refractivity contribution in [1.82, 2.24) is 4.31 Å². The van der Waals surface area contributed by atoms with Gasteiger partial charge in [0.05, 0.1) is 17.7 Å². The molecule has 25 heavy (non-hydrogen) atoms. The zero-order valence-corrected chi connectivity index (χ0v) is 15.5. The van der Waals surface area contributed by atoms with Gasteiger partial charge in [-0.3, -0.25) is 4.79 Å². The van der Waals surface area contributed by atoms with Gasteiger partial charge in [-0.2, -0.15) is 4.31 Å². The SMILES string of the molecule is C=CCCC(=O)Nc1cc(S(=O)(=O)N2CCCCCC2)ccc1OC. The van der Waals surface area contributed by atoms with Crippen LogP contribution in [0.1, 0.15) is 38.5 Å². The molecule has 1 heterocycles. The van der Waals surface area contributed by atoms with Crippen LogP contribution in [-0.2, 0) is 14.8 Å². The van der Waals surface area contributed by atoms with Crippen LogP contribution in [0.4, 0.5) is 5.69 Å². The molecule has 0 saturated carbocycles. The van der Waals surface area contributed by atoms with E-state index in [2.05, 4.69) is 11.9 Å². The first-order valence-electron chi connectivity index (χ1n) is 8.58. The molecule has 1 aliphatic rings. The number of hydrogen-bond donors (Lipinski definition) is 1.